The molecule has 2 aromatic rings. The Kier molecular flexibility index (Phi) is 6.17. The van der Waals surface area contributed by atoms with Gasteiger partial charge in [0.2, 0.25) is 5.78 Å². The van der Waals surface area contributed by atoms with Gasteiger partial charge in [-0.05, 0) is 38.5 Å². The Hall–Kier alpha value is -3.36. The van der Waals surface area contributed by atoms with Gasteiger partial charge in [0, 0.05) is 5.69 Å². The number of methoxy groups -OCH3 is 1. The predicted molar refractivity (Wildman–Crippen MR) is 92.5 cm³/mol. The van der Waals surface area contributed by atoms with Crippen LogP contribution in [0.25, 0.3) is 0 Å². The fraction of sp³-hybridized carbons (Fsp3) is 0.333. The first kappa shape index (κ1) is 20.0. The van der Waals surface area contributed by atoms with Gasteiger partial charge in [0.1, 0.15) is 6.54 Å². The standard InChI is InChI=1S/C18H20N2O7/c1-9-14(18(24)25-4)10(2)20-15(9)16(22)11(3)27-13(21)8-19-17(23)12-6-5-7-26-12/h5-7,11,20H,8H2,1-4H3,(H,19,23)/t11-/m1/s1. The summed E-state index contributed by atoms with van der Waals surface area (Å²) in [6.45, 7) is 4.22. The number of esters is 2. The fourth-order valence-corrected chi connectivity index (χ4v) is 2.55. The summed E-state index contributed by atoms with van der Waals surface area (Å²) in [5.41, 5.74) is 1.32. The molecule has 0 radical (unpaired) electrons. The number of H-pyrrole nitrogens is 1. The van der Waals surface area contributed by atoms with E-state index in [1.807, 2.05) is 0 Å². The maximum atomic E-state index is 12.5. The molecule has 0 unspecified atom stereocenters. The Bertz CT molecular complexity index is 865. The van der Waals surface area contributed by atoms with E-state index in [1.54, 1.807) is 13.8 Å². The summed E-state index contributed by atoms with van der Waals surface area (Å²) < 4.78 is 14.7. The van der Waals surface area contributed by atoms with Gasteiger partial charge in [-0.1, -0.05) is 0 Å². The zero-order valence-corrected chi connectivity index (χ0v) is 15.4. The van der Waals surface area contributed by atoms with Crippen molar-refractivity contribution in [3.8, 4) is 0 Å². The van der Waals surface area contributed by atoms with Crippen molar-refractivity contribution in [2.75, 3.05) is 13.7 Å². The third-order valence-electron chi connectivity index (χ3n) is 3.89. The first-order valence-electron chi connectivity index (χ1n) is 8.09. The van der Waals surface area contributed by atoms with E-state index >= 15 is 0 Å². The first-order valence-corrected chi connectivity index (χ1v) is 8.09. The number of hydrogen-bond donors (Lipinski definition) is 2. The highest BCUT2D eigenvalue weighted by Gasteiger charge is 2.27. The highest BCUT2D eigenvalue weighted by atomic mass is 16.5. The molecule has 0 fully saturated rings. The van der Waals surface area contributed by atoms with E-state index < -0.39 is 36.3 Å². The van der Waals surface area contributed by atoms with Crippen LogP contribution in [-0.4, -0.2) is 48.4 Å². The van der Waals surface area contributed by atoms with Crippen molar-refractivity contribution in [3.63, 3.8) is 0 Å². The number of carbonyl (C=O) groups is 4. The van der Waals surface area contributed by atoms with Gasteiger partial charge in [0.15, 0.2) is 11.9 Å². The Balaban J connectivity index is 1.98. The molecule has 0 aliphatic heterocycles. The molecule has 2 heterocycles. The van der Waals surface area contributed by atoms with Gasteiger partial charge in [-0.3, -0.25) is 14.4 Å². The van der Waals surface area contributed by atoms with E-state index in [0.717, 1.165) is 0 Å². The first-order chi connectivity index (χ1) is 12.8. The number of aryl methyl sites for hydroxylation is 1. The van der Waals surface area contributed by atoms with Crippen LogP contribution in [0.1, 0.15) is 49.6 Å². The minimum absolute atomic E-state index is 0.0553. The lowest BCUT2D eigenvalue weighted by Gasteiger charge is -2.12. The second kappa shape index (κ2) is 8.35. The van der Waals surface area contributed by atoms with Crippen LogP contribution in [0.15, 0.2) is 22.8 Å². The second-order valence-electron chi connectivity index (χ2n) is 5.77. The number of ketones is 1. The van der Waals surface area contributed by atoms with Gasteiger partial charge < -0.3 is 24.2 Å². The molecule has 0 aliphatic carbocycles. The minimum atomic E-state index is -1.11. The van der Waals surface area contributed by atoms with Crippen molar-refractivity contribution >= 4 is 23.6 Å². The average Bonchev–Trinajstić information content (AvgIpc) is 3.26. The highest BCUT2D eigenvalue weighted by molar-refractivity contribution is 6.04. The van der Waals surface area contributed by atoms with Crippen LogP contribution >= 0.6 is 0 Å². The SMILES string of the molecule is COC(=O)c1c(C)[nH]c(C(=O)[C@@H](C)OC(=O)CNC(=O)c2ccco2)c1C. The molecule has 0 bridgehead atoms. The van der Waals surface area contributed by atoms with Gasteiger partial charge in [0.25, 0.3) is 5.91 Å². The molecule has 9 heteroatoms. The van der Waals surface area contributed by atoms with Crippen molar-refractivity contribution in [1.82, 2.24) is 10.3 Å². The van der Waals surface area contributed by atoms with Crippen LogP contribution in [0.3, 0.4) is 0 Å². The molecule has 2 rings (SSSR count). The molecule has 9 nitrogen and oxygen atoms in total. The van der Waals surface area contributed by atoms with Gasteiger partial charge in [0.05, 0.1) is 24.6 Å². The Morgan fingerprint density at radius 1 is 1.26 bits per heavy atom. The molecule has 0 spiro atoms. The molecular formula is C18H20N2O7. The molecule has 0 aliphatic rings. The number of furan rings is 1. The van der Waals surface area contributed by atoms with Crippen LogP contribution in [0.5, 0.6) is 0 Å². The summed E-state index contributed by atoms with van der Waals surface area (Å²) in [6, 6.07) is 2.99. The lowest BCUT2D eigenvalue weighted by Crippen LogP contribution is -2.34. The zero-order chi connectivity index (χ0) is 20.1. The molecule has 0 saturated heterocycles. The molecule has 2 N–H and O–H groups in total. The summed E-state index contributed by atoms with van der Waals surface area (Å²) in [6.07, 6.45) is 0.220. The van der Waals surface area contributed by atoms with Crippen molar-refractivity contribution in [2.24, 2.45) is 0 Å². The Morgan fingerprint density at radius 3 is 2.56 bits per heavy atom. The van der Waals surface area contributed by atoms with E-state index in [2.05, 4.69) is 10.3 Å². The molecule has 1 atom stereocenters. The Morgan fingerprint density at radius 2 is 1.96 bits per heavy atom. The summed E-state index contributed by atoms with van der Waals surface area (Å²) in [7, 11) is 1.25. The maximum Gasteiger partial charge on any atom is 0.339 e. The number of aromatic nitrogens is 1. The number of rotatable bonds is 7. The van der Waals surface area contributed by atoms with E-state index in [1.165, 1.54) is 32.4 Å². The topological polar surface area (TPSA) is 128 Å². The van der Waals surface area contributed by atoms with E-state index in [4.69, 9.17) is 13.9 Å². The molecular weight excluding hydrogens is 356 g/mol. The molecule has 2 aromatic heterocycles. The fourth-order valence-electron chi connectivity index (χ4n) is 2.55. The monoisotopic (exact) mass is 376 g/mol. The highest BCUT2D eigenvalue weighted by Crippen LogP contribution is 2.20. The predicted octanol–water partition coefficient (Wildman–Crippen LogP) is 1.56. The number of aromatic amines is 1. The van der Waals surface area contributed by atoms with E-state index in [9.17, 15) is 19.2 Å². The normalized spacial score (nSPS) is 11.6. The van der Waals surface area contributed by atoms with Crippen molar-refractivity contribution in [2.45, 2.75) is 26.9 Å². The lowest BCUT2D eigenvalue weighted by atomic mass is 10.1. The molecule has 0 aromatic carbocycles. The van der Waals surface area contributed by atoms with Crippen molar-refractivity contribution < 1.29 is 33.1 Å². The van der Waals surface area contributed by atoms with Crippen LogP contribution in [0.4, 0.5) is 0 Å². The molecule has 144 valence electrons. The molecule has 27 heavy (non-hydrogen) atoms. The quantitative estimate of drug-likeness (QED) is 0.554. The molecule has 1 amide bonds. The third-order valence-corrected chi connectivity index (χ3v) is 3.89. The molecule has 0 saturated carbocycles. The van der Waals surface area contributed by atoms with Crippen LogP contribution < -0.4 is 5.32 Å². The zero-order valence-electron chi connectivity index (χ0n) is 15.4. The van der Waals surface area contributed by atoms with Gasteiger partial charge in [-0.2, -0.15) is 0 Å². The largest absolute Gasteiger partial charge is 0.465 e. The maximum absolute atomic E-state index is 12.5. The third kappa shape index (κ3) is 4.43. The summed E-state index contributed by atoms with van der Waals surface area (Å²) in [5, 5.41) is 2.33. The number of amides is 1. The summed E-state index contributed by atoms with van der Waals surface area (Å²) >= 11 is 0. The van der Waals surface area contributed by atoms with Crippen LogP contribution in [-0.2, 0) is 14.3 Å². The number of nitrogens with one attached hydrogen (secondary N) is 2. The summed E-state index contributed by atoms with van der Waals surface area (Å²) in [4.78, 5) is 50.7. The van der Waals surface area contributed by atoms with Gasteiger partial charge >= 0.3 is 11.9 Å². The van der Waals surface area contributed by atoms with Crippen LogP contribution in [0.2, 0.25) is 0 Å². The second-order valence-corrected chi connectivity index (χ2v) is 5.77. The van der Waals surface area contributed by atoms with Gasteiger partial charge in [-0.25, -0.2) is 4.79 Å². The number of ether oxygens (including phenoxy) is 2. The smallest absolute Gasteiger partial charge is 0.339 e. The lowest BCUT2D eigenvalue weighted by molar-refractivity contribution is -0.145. The van der Waals surface area contributed by atoms with E-state index in [-0.39, 0.29) is 17.0 Å². The summed E-state index contributed by atoms with van der Waals surface area (Å²) in [5.74, 6) is -2.37. The number of Topliss-reactive ketones (excluding diaryl/α,β-unsaturated/α-hetero) is 1. The van der Waals surface area contributed by atoms with Crippen LogP contribution in [0, 0.1) is 13.8 Å². The van der Waals surface area contributed by atoms with Crippen molar-refractivity contribution in [1.29, 1.82) is 0 Å². The van der Waals surface area contributed by atoms with E-state index in [0.29, 0.717) is 11.3 Å². The average molecular weight is 376 g/mol. The van der Waals surface area contributed by atoms with Gasteiger partial charge in [-0.15, -0.1) is 0 Å². The Labute approximate surface area is 155 Å². The number of carbonyl (C=O) groups excluding carboxylic acids is 4. The number of hydrogen-bond acceptors (Lipinski definition) is 7. The van der Waals surface area contributed by atoms with Crippen molar-refractivity contribution in [3.05, 3.63) is 46.7 Å². The minimum Gasteiger partial charge on any atom is -0.465 e.